The number of carbonyl (C=O) groups is 1. The first kappa shape index (κ1) is 19.9. The SMILES string of the molecule is Cc1cc(S(=O)(=O)NCc2ccccc2)ccc1OCC(=O)NC(C)C. The van der Waals surface area contributed by atoms with Gasteiger partial charge in [0.2, 0.25) is 10.0 Å². The van der Waals surface area contributed by atoms with Crippen molar-refractivity contribution in [2.24, 2.45) is 0 Å². The first-order valence-corrected chi connectivity index (χ1v) is 9.82. The molecule has 2 aromatic rings. The number of hydrogen-bond acceptors (Lipinski definition) is 4. The molecular weight excluding hydrogens is 352 g/mol. The molecule has 0 heterocycles. The van der Waals surface area contributed by atoms with Gasteiger partial charge < -0.3 is 10.1 Å². The van der Waals surface area contributed by atoms with Crippen LogP contribution in [0.1, 0.15) is 25.0 Å². The summed E-state index contributed by atoms with van der Waals surface area (Å²) in [5.74, 6) is 0.256. The molecule has 0 unspecified atom stereocenters. The Kier molecular flexibility index (Phi) is 6.76. The van der Waals surface area contributed by atoms with Gasteiger partial charge in [-0.25, -0.2) is 13.1 Å². The molecule has 26 heavy (non-hydrogen) atoms. The molecule has 0 aliphatic carbocycles. The van der Waals surface area contributed by atoms with Crippen molar-refractivity contribution >= 4 is 15.9 Å². The van der Waals surface area contributed by atoms with E-state index in [0.29, 0.717) is 11.3 Å². The van der Waals surface area contributed by atoms with E-state index in [-0.39, 0.29) is 30.0 Å². The van der Waals surface area contributed by atoms with Gasteiger partial charge in [-0.15, -0.1) is 0 Å². The largest absolute Gasteiger partial charge is 0.484 e. The van der Waals surface area contributed by atoms with Crippen molar-refractivity contribution in [2.75, 3.05) is 6.61 Å². The molecule has 0 spiro atoms. The third-order valence-electron chi connectivity index (χ3n) is 3.57. The molecule has 0 atom stereocenters. The first-order chi connectivity index (χ1) is 12.3. The summed E-state index contributed by atoms with van der Waals surface area (Å²) in [4.78, 5) is 11.8. The van der Waals surface area contributed by atoms with Crippen molar-refractivity contribution in [1.82, 2.24) is 10.0 Å². The predicted octanol–water partition coefficient (Wildman–Crippen LogP) is 2.38. The highest BCUT2D eigenvalue weighted by Gasteiger charge is 2.15. The lowest BCUT2D eigenvalue weighted by Gasteiger charge is -2.13. The van der Waals surface area contributed by atoms with Gasteiger partial charge in [0.25, 0.3) is 5.91 Å². The van der Waals surface area contributed by atoms with E-state index in [0.717, 1.165) is 5.56 Å². The number of carbonyl (C=O) groups excluding carboxylic acids is 1. The Labute approximate surface area is 154 Å². The summed E-state index contributed by atoms with van der Waals surface area (Å²) in [6, 6.07) is 13.9. The fourth-order valence-electron chi connectivity index (χ4n) is 2.32. The molecule has 0 aliphatic heterocycles. The Morgan fingerprint density at radius 3 is 2.42 bits per heavy atom. The fraction of sp³-hybridized carbons (Fsp3) is 0.316. The van der Waals surface area contributed by atoms with Crippen LogP contribution in [-0.4, -0.2) is 27.0 Å². The number of ether oxygens (including phenoxy) is 1. The van der Waals surface area contributed by atoms with Gasteiger partial charge in [0.15, 0.2) is 6.61 Å². The summed E-state index contributed by atoms with van der Waals surface area (Å²) < 4.78 is 32.9. The minimum atomic E-state index is -3.63. The summed E-state index contributed by atoms with van der Waals surface area (Å²) in [6.45, 7) is 5.58. The highest BCUT2D eigenvalue weighted by molar-refractivity contribution is 7.89. The van der Waals surface area contributed by atoms with Crippen LogP contribution in [-0.2, 0) is 21.4 Å². The minimum absolute atomic E-state index is 0.0374. The number of benzene rings is 2. The highest BCUT2D eigenvalue weighted by Crippen LogP contribution is 2.22. The Morgan fingerprint density at radius 2 is 1.81 bits per heavy atom. The van der Waals surface area contributed by atoms with Gasteiger partial charge in [-0.05, 0) is 50.1 Å². The van der Waals surface area contributed by atoms with Crippen LogP contribution in [0.25, 0.3) is 0 Å². The number of hydrogen-bond donors (Lipinski definition) is 2. The van der Waals surface area contributed by atoms with Gasteiger partial charge in [-0.2, -0.15) is 0 Å². The van der Waals surface area contributed by atoms with E-state index in [1.54, 1.807) is 13.0 Å². The summed E-state index contributed by atoms with van der Waals surface area (Å²) in [7, 11) is -3.63. The maximum atomic E-state index is 12.4. The van der Waals surface area contributed by atoms with E-state index >= 15 is 0 Å². The standard InChI is InChI=1S/C19H24N2O4S/c1-14(2)21-19(22)13-25-18-10-9-17(11-15(18)3)26(23,24)20-12-16-7-5-4-6-8-16/h4-11,14,20H,12-13H2,1-3H3,(H,21,22). The Bertz CT molecular complexity index is 849. The molecular formula is C19H24N2O4S. The van der Waals surface area contributed by atoms with Crippen molar-refractivity contribution in [3.63, 3.8) is 0 Å². The lowest BCUT2D eigenvalue weighted by molar-refractivity contribution is -0.123. The summed E-state index contributed by atoms with van der Waals surface area (Å²) in [5, 5.41) is 2.73. The average molecular weight is 376 g/mol. The summed E-state index contributed by atoms with van der Waals surface area (Å²) >= 11 is 0. The van der Waals surface area contributed by atoms with E-state index < -0.39 is 10.0 Å². The van der Waals surface area contributed by atoms with Crippen LogP contribution in [0.2, 0.25) is 0 Å². The zero-order valence-electron chi connectivity index (χ0n) is 15.2. The van der Waals surface area contributed by atoms with Gasteiger partial charge >= 0.3 is 0 Å². The topological polar surface area (TPSA) is 84.5 Å². The second-order valence-corrected chi connectivity index (χ2v) is 8.02. The first-order valence-electron chi connectivity index (χ1n) is 8.34. The molecule has 0 bridgehead atoms. The summed E-state index contributed by atoms with van der Waals surface area (Å²) in [5.41, 5.74) is 1.52. The van der Waals surface area contributed by atoms with Crippen molar-refractivity contribution in [2.45, 2.75) is 38.3 Å². The molecule has 2 rings (SSSR count). The molecule has 140 valence electrons. The predicted molar refractivity (Wildman–Crippen MR) is 100 cm³/mol. The van der Waals surface area contributed by atoms with Crippen molar-refractivity contribution < 1.29 is 17.9 Å². The van der Waals surface area contributed by atoms with Crippen LogP contribution in [0.4, 0.5) is 0 Å². The van der Waals surface area contributed by atoms with Crippen molar-refractivity contribution in [3.8, 4) is 5.75 Å². The fourth-order valence-corrected chi connectivity index (χ4v) is 3.42. The zero-order valence-corrected chi connectivity index (χ0v) is 16.0. The van der Waals surface area contributed by atoms with Crippen LogP contribution in [0.3, 0.4) is 0 Å². The molecule has 0 saturated carbocycles. The smallest absolute Gasteiger partial charge is 0.258 e. The molecule has 0 radical (unpaired) electrons. The molecule has 2 aromatic carbocycles. The normalized spacial score (nSPS) is 11.4. The second kappa shape index (κ2) is 8.82. The maximum Gasteiger partial charge on any atom is 0.258 e. The zero-order chi connectivity index (χ0) is 19.2. The van der Waals surface area contributed by atoms with Crippen LogP contribution < -0.4 is 14.8 Å². The molecule has 2 N–H and O–H groups in total. The van der Waals surface area contributed by atoms with Crippen molar-refractivity contribution in [1.29, 1.82) is 0 Å². The maximum absolute atomic E-state index is 12.4. The van der Waals surface area contributed by atoms with E-state index in [1.807, 2.05) is 44.2 Å². The van der Waals surface area contributed by atoms with E-state index in [1.165, 1.54) is 12.1 Å². The monoisotopic (exact) mass is 376 g/mol. The van der Waals surface area contributed by atoms with Crippen LogP contribution in [0.15, 0.2) is 53.4 Å². The van der Waals surface area contributed by atoms with Gasteiger partial charge in [-0.3, -0.25) is 4.79 Å². The number of nitrogens with one attached hydrogen (secondary N) is 2. The van der Waals surface area contributed by atoms with Crippen LogP contribution >= 0.6 is 0 Å². The molecule has 0 aliphatic rings. The number of aryl methyl sites for hydroxylation is 1. The molecule has 1 amide bonds. The third-order valence-corrected chi connectivity index (χ3v) is 4.97. The number of sulfonamides is 1. The Morgan fingerprint density at radius 1 is 1.12 bits per heavy atom. The lowest BCUT2D eigenvalue weighted by Crippen LogP contribution is -2.34. The molecule has 6 nitrogen and oxygen atoms in total. The Balaban J connectivity index is 2.02. The molecule has 0 aromatic heterocycles. The van der Waals surface area contributed by atoms with Gasteiger partial charge in [0.05, 0.1) is 4.90 Å². The molecule has 0 saturated heterocycles. The van der Waals surface area contributed by atoms with Gasteiger partial charge in [-0.1, -0.05) is 30.3 Å². The van der Waals surface area contributed by atoms with E-state index in [4.69, 9.17) is 4.74 Å². The minimum Gasteiger partial charge on any atom is -0.484 e. The van der Waals surface area contributed by atoms with Gasteiger partial charge in [0.1, 0.15) is 5.75 Å². The second-order valence-electron chi connectivity index (χ2n) is 6.25. The average Bonchev–Trinajstić information content (AvgIpc) is 2.59. The number of rotatable bonds is 8. The third kappa shape index (κ3) is 5.86. The summed E-state index contributed by atoms with van der Waals surface area (Å²) in [6.07, 6.45) is 0. The Hall–Kier alpha value is -2.38. The number of amides is 1. The quantitative estimate of drug-likeness (QED) is 0.741. The van der Waals surface area contributed by atoms with Crippen LogP contribution in [0, 0.1) is 6.92 Å². The van der Waals surface area contributed by atoms with Crippen molar-refractivity contribution in [3.05, 3.63) is 59.7 Å². The molecule has 0 fully saturated rings. The molecule has 7 heteroatoms. The van der Waals surface area contributed by atoms with Crippen LogP contribution in [0.5, 0.6) is 5.75 Å². The van der Waals surface area contributed by atoms with E-state index in [2.05, 4.69) is 10.0 Å². The highest BCUT2D eigenvalue weighted by atomic mass is 32.2. The van der Waals surface area contributed by atoms with E-state index in [9.17, 15) is 13.2 Å². The van der Waals surface area contributed by atoms with Gasteiger partial charge in [0, 0.05) is 12.6 Å². The lowest BCUT2D eigenvalue weighted by atomic mass is 10.2.